The molecule has 1 aliphatic rings. The van der Waals surface area contributed by atoms with Crippen LogP contribution in [0.3, 0.4) is 0 Å². The molecule has 0 radical (unpaired) electrons. The van der Waals surface area contributed by atoms with Crippen LogP contribution in [0.15, 0.2) is 24.3 Å². The van der Waals surface area contributed by atoms with Crippen molar-refractivity contribution in [3.8, 4) is 0 Å². The van der Waals surface area contributed by atoms with Crippen LogP contribution in [0.1, 0.15) is 40.5 Å². The molecule has 1 heterocycles. The molecule has 1 saturated heterocycles. The van der Waals surface area contributed by atoms with Gasteiger partial charge in [-0.2, -0.15) is 0 Å². The molecule has 1 atom stereocenters. The first-order valence-corrected chi connectivity index (χ1v) is 9.23. The zero-order valence-electron chi connectivity index (χ0n) is 16.2. The number of halogens is 1. The van der Waals surface area contributed by atoms with Gasteiger partial charge in [-0.25, -0.2) is 4.39 Å². The lowest BCUT2D eigenvalue weighted by Gasteiger charge is -2.38. The number of hydrogen-bond donors (Lipinski definition) is 1. The SMILES string of the molecule is C[C@H]1CCCN(CC(=O)N(CC(=O)Nc2ccc(F)cc2)C(C)(C)C)C1. The van der Waals surface area contributed by atoms with Crippen molar-refractivity contribution in [2.45, 2.75) is 46.1 Å². The number of piperidine rings is 1. The maximum atomic E-state index is 13.0. The molecule has 6 heteroatoms. The number of hydrogen-bond acceptors (Lipinski definition) is 3. The Balaban J connectivity index is 1.98. The van der Waals surface area contributed by atoms with Crippen molar-refractivity contribution in [1.29, 1.82) is 0 Å². The van der Waals surface area contributed by atoms with E-state index in [2.05, 4.69) is 17.1 Å². The number of carbonyl (C=O) groups excluding carboxylic acids is 2. The highest BCUT2D eigenvalue weighted by Gasteiger charge is 2.30. The van der Waals surface area contributed by atoms with Gasteiger partial charge >= 0.3 is 0 Å². The minimum atomic E-state index is -0.460. The van der Waals surface area contributed by atoms with Gasteiger partial charge < -0.3 is 10.2 Å². The monoisotopic (exact) mass is 363 g/mol. The summed E-state index contributed by atoms with van der Waals surface area (Å²) in [5, 5.41) is 2.72. The number of likely N-dealkylation sites (tertiary alicyclic amines) is 1. The number of benzene rings is 1. The Morgan fingerprint density at radius 1 is 1.27 bits per heavy atom. The van der Waals surface area contributed by atoms with E-state index in [0.29, 0.717) is 18.2 Å². The standard InChI is InChI=1S/C20H30FN3O2/c1-15-6-5-11-23(12-15)14-19(26)24(20(2,3)4)13-18(25)22-17-9-7-16(21)8-10-17/h7-10,15H,5-6,11-14H2,1-4H3,(H,22,25)/t15-/m0/s1. The van der Waals surface area contributed by atoms with Gasteiger partial charge in [-0.05, 0) is 70.3 Å². The van der Waals surface area contributed by atoms with Crippen molar-refractivity contribution in [1.82, 2.24) is 9.80 Å². The van der Waals surface area contributed by atoms with Crippen LogP contribution in [-0.2, 0) is 9.59 Å². The largest absolute Gasteiger partial charge is 0.327 e. The fourth-order valence-corrected chi connectivity index (χ4v) is 3.28. The fourth-order valence-electron chi connectivity index (χ4n) is 3.28. The summed E-state index contributed by atoms with van der Waals surface area (Å²) in [6.45, 7) is 10.1. The third kappa shape index (κ3) is 6.09. The molecule has 0 spiro atoms. The summed E-state index contributed by atoms with van der Waals surface area (Å²) in [6, 6.07) is 5.59. The van der Waals surface area contributed by atoms with Gasteiger partial charge in [0.2, 0.25) is 11.8 Å². The average Bonchev–Trinajstić information content (AvgIpc) is 2.53. The van der Waals surface area contributed by atoms with Gasteiger partial charge in [0.05, 0.1) is 6.54 Å². The van der Waals surface area contributed by atoms with Crippen molar-refractivity contribution in [2.75, 3.05) is 31.5 Å². The molecular formula is C20H30FN3O2. The van der Waals surface area contributed by atoms with Gasteiger partial charge in [0.1, 0.15) is 12.4 Å². The molecule has 26 heavy (non-hydrogen) atoms. The molecule has 1 aromatic rings. The first-order chi connectivity index (χ1) is 12.1. The van der Waals surface area contributed by atoms with Gasteiger partial charge in [0, 0.05) is 17.8 Å². The second kappa shape index (κ2) is 8.62. The number of nitrogens with one attached hydrogen (secondary N) is 1. The highest BCUT2D eigenvalue weighted by molar-refractivity contribution is 5.95. The molecule has 0 saturated carbocycles. The molecule has 0 bridgehead atoms. The first kappa shape index (κ1) is 20.4. The molecule has 1 aliphatic heterocycles. The van der Waals surface area contributed by atoms with E-state index >= 15 is 0 Å². The lowest BCUT2D eigenvalue weighted by molar-refractivity contribution is -0.140. The van der Waals surface area contributed by atoms with Gasteiger partial charge in [0.25, 0.3) is 0 Å². The first-order valence-electron chi connectivity index (χ1n) is 9.23. The van der Waals surface area contributed by atoms with E-state index < -0.39 is 5.54 Å². The van der Waals surface area contributed by atoms with E-state index in [4.69, 9.17) is 0 Å². The minimum absolute atomic E-state index is 0.0247. The molecule has 1 fully saturated rings. The normalized spacial score (nSPS) is 18.4. The summed E-state index contributed by atoms with van der Waals surface area (Å²) in [5.41, 5.74) is 0.0566. The van der Waals surface area contributed by atoms with Crippen molar-refractivity contribution < 1.29 is 14.0 Å². The lowest BCUT2D eigenvalue weighted by atomic mass is 10.00. The quantitative estimate of drug-likeness (QED) is 0.874. The molecule has 0 unspecified atom stereocenters. The van der Waals surface area contributed by atoms with E-state index in [1.54, 1.807) is 4.90 Å². The molecule has 2 rings (SSSR count). The summed E-state index contributed by atoms with van der Waals surface area (Å²) in [7, 11) is 0. The van der Waals surface area contributed by atoms with E-state index in [1.807, 2.05) is 20.8 Å². The van der Waals surface area contributed by atoms with Crippen LogP contribution in [0.2, 0.25) is 0 Å². The molecule has 1 aromatic carbocycles. The van der Waals surface area contributed by atoms with Crippen LogP contribution in [-0.4, -0.2) is 53.3 Å². The number of rotatable bonds is 5. The number of carbonyl (C=O) groups is 2. The number of anilines is 1. The number of amides is 2. The van der Waals surface area contributed by atoms with Crippen molar-refractivity contribution in [3.63, 3.8) is 0 Å². The zero-order valence-corrected chi connectivity index (χ0v) is 16.2. The Kier molecular flexibility index (Phi) is 6.75. The van der Waals surface area contributed by atoms with Gasteiger partial charge in [0.15, 0.2) is 0 Å². The Hall–Kier alpha value is -1.95. The minimum Gasteiger partial charge on any atom is -0.327 e. The number of nitrogens with zero attached hydrogens (tertiary/aromatic N) is 2. The van der Waals surface area contributed by atoms with Crippen molar-refractivity contribution in [2.24, 2.45) is 5.92 Å². The van der Waals surface area contributed by atoms with Crippen LogP contribution >= 0.6 is 0 Å². The Bertz CT molecular complexity index is 625. The van der Waals surface area contributed by atoms with Crippen molar-refractivity contribution >= 4 is 17.5 Å². The van der Waals surface area contributed by atoms with Gasteiger partial charge in [-0.15, -0.1) is 0 Å². The predicted molar refractivity (Wildman–Crippen MR) is 101 cm³/mol. The molecule has 2 amide bonds. The molecule has 0 aromatic heterocycles. The smallest absolute Gasteiger partial charge is 0.244 e. The maximum absolute atomic E-state index is 13.0. The molecule has 1 N–H and O–H groups in total. The summed E-state index contributed by atoms with van der Waals surface area (Å²) >= 11 is 0. The van der Waals surface area contributed by atoms with E-state index in [9.17, 15) is 14.0 Å². The predicted octanol–water partition coefficient (Wildman–Crippen LogP) is 3.12. The van der Waals surface area contributed by atoms with Gasteiger partial charge in [-0.3, -0.25) is 14.5 Å². The second-order valence-electron chi connectivity index (χ2n) is 8.19. The summed E-state index contributed by atoms with van der Waals surface area (Å²) in [5.74, 6) is -0.0839. The molecule has 5 nitrogen and oxygen atoms in total. The Labute approximate surface area is 155 Å². The summed E-state index contributed by atoms with van der Waals surface area (Å²) in [6.07, 6.45) is 2.31. The zero-order chi connectivity index (χ0) is 19.3. The maximum Gasteiger partial charge on any atom is 0.244 e. The third-order valence-electron chi connectivity index (χ3n) is 4.64. The van der Waals surface area contributed by atoms with E-state index in [-0.39, 0.29) is 24.2 Å². The topological polar surface area (TPSA) is 52.7 Å². The highest BCUT2D eigenvalue weighted by Crippen LogP contribution is 2.18. The average molecular weight is 363 g/mol. The van der Waals surface area contributed by atoms with Crippen LogP contribution in [0, 0.1) is 11.7 Å². The molecule has 0 aliphatic carbocycles. The Morgan fingerprint density at radius 3 is 2.50 bits per heavy atom. The molecular weight excluding hydrogens is 333 g/mol. The molecule has 144 valence electrons. The summed E-state index contributed by atoms with van der Waals surface area (Å²) in [4.78, 5) is 29.0. The van der Waals surface area contributed by atoms with Crippen LogP contribution in [0.5, 0.6) is 0 Å². The van der Waals surface area contributed by atoms with Gasteiger partial charge in [-0.1, -0.05) is 6.92 Å². The summed E-state index contributed by atoms with van der Waals surface area (Å²) < 4.78 is 13.0. The third-order valence-corrected chi connectivity index (χ3v) is 4.64. The fraction of sp³-hybridized carbons (Fsp3) is 0.600. The van der Waals surface area contributed by atoms with E-state index in [1.165, 1.54) is 30.7 Å². The van der Waals surface area contributed by atoms with Crippen LogP contribution in [0.4, 0.5) is 10.1 Å². The van der Waals surface area contributed by atoms with Crippen LogP contribution < -0.4 is 5.32 Å². The van der Waals surface area contributed by atoms with Crippen LogP contribution in [0.25, 0.3) is 0 Å². The second-order valence-corrected chi connectivity index (χ2v) is 8.19. The highest BCUT2D eigenvalue weighted by atomic mass is 19.1. The Morgan fingerprint density at radius 2 is 1.92 bits per heavy atom. The lowest BCUT2D eigenvalue weighted by Crippen LogP contribution is -2.53. The van der Waals surface area contributed by atoms with E-state index in [0.717, 1.165) is 19.5 Å². The van der Waals surface area contributed by atoms with Crippen molar-refractivity contribution in [3.05, 3.63) is 30.1 Å².